The van der Waals surface area contributed by atoms with Crippen LogP contribution in [0.5, 0.6) is 0 Å². The summed E-state index contributed by atoms with van der Waals surface area (Å²) in [5.74, 6) is 0.259. The predicted octanol–water partition coefficient (Wildman–Crippen LogP) is 2.39. The summed E-state index contributed by atoms with van der Waals surface area (Å²) in [6, 6.07) is 6.10. The molecule has 2 aliphatic heterocycles. The van der Waals surface area contributed by atoms with Crippen LogP contribution >= 0.6 is 0 Å². The van der Waals surface area contributed by atoms with Crippen LogP contribution in [0.1, 0.15) is 53.4 Å². The number of hydrogen-bond acceptors (Lipinski definition) is 5. The Morgan fingerprint density at radius 3 is 2.92 bits per heavy atom. The highest BCUT2D eigenvalue weighted by Gasteiger charge is 2.36. The molecule has 1 aromatic carbocycles. The number of nitrogens with zero attached hydrogens (tertiary/aromatic N) is 2. The second-order valence-electron chi connectivity index (χ2n) is 7.57. The van der Waals surface area contributed by atoms with Crippen LogP contribution in [0.25, 0.3) is 0 Å². The topological polar surface area (TPSA) is 85.0 Å². The molecule has 6 nitrogen and oxygen atoms in total. The van der Waals surface area contributed by atoms with Crippen LogP contribution in [0.15, 0.2) is 18.2 Å². The van der Waals surface area contributed by atoms with Crippen molar-refractivity contribution in [3.05, 3.63) is 40.6 Å². The first kappa shape index (κ1) is 16.1. The molecule has 1 unspecified atom stereocenters. The van der Waals surface area contributed by atoms with Crippen molar-refractivity contribution in [2.24, 2.45) is 0 Å². The maximum absolute atomic E-state index is 13.3. The Kier molecular flexibility index (Phi) is 3.61. The molecule has 0 radical (unpaired) electrons. The van der Waals surface area contributed by atoms with Crippen molar-refractivity contribution >= 4 is 17.4 Å². The van der Waals surface area contributed by atoms with Gasteiger partial charge in [0, 0.05) is 24.3 Å². The van der Waals surface area contributed by atoms with Gasteiger partial charge in [0.25, 0.3) is 5.91 Å². The van der Waals surface area contributed by atoms with E-state index >= 15 is 0 Å². The first-order chi connectivity index (χ1) is 11.9. The highest BCUT2D eigenvalue weighted by molar-refractivity contribution is 5.90. The molecule has 25 heavy (non-hydrogen) atoms. The van der Waals surface area contributed by atoms with Gasteiger partial charge in [-0.25, -0.2) is 0 Å². The first-order valence-electron chi connectivity index (χ1n) is 8.90. The highest BCUT2D eigenvalue weighted by Crippen LogP contribution is 2.37. The van der Waals surface area contributed by atoms with Crippen LogP contribution in [0, 0.1) is 6.92 Å². The summed E-state index contributed by atoms with van der Waals surface area (Å²) < 4.78 is 1.45. The van der Waals surface area contributed by atoms with E-state index in [2.05, 4.69) is 42.6 Å². The van der Waals surface area contributed by atoms with Gasteiger partial charge in [-0.1, -0.05) is 18.2 Å². The standard InChI is InChI=1S/C19H25N5O/c1-11-5-4-6-12-13(7-9-21-15(11)12)18(25)24-17(20)14-8-10-22-19(2,3)16(14)23-24/h4-6,13,21-22H,7-10,20H2,1-3H3. The number of nitrogens with one attached hydrogen (secondary N) is 2. The Balaban J connectivity index is 1.77. The van der Waals surface area contributed by atoms with Crippen LogP contribution < -0.4 is 16.4 Å². The second kappa shape index (κ2) is 5.59. The van der Waals surface area contributed by atoms with E-state index in [0.29, 0.717) is 5.82 Å². The molecular weight excluding hydrogens is 314 g/mol. The summed E-state index contributed by atoms with van der Waals surface area (Å²) in [5, 5.41) is 11.5. The third-order valence-corrected chi connectivity index (χ3v) is 5.48. The summed E-state index contributed by atoms with van der Waals surface area (Å²) >= 11 is 0. The van der Waals surface area contributed by atoms with E-state index in [0.717, 1.165) is 54.0 Å². The fraction of sp³-hybridized carbons (Fsp3) is 0.474. The minimum atomic E-state index is -0.268. The monoisotopic (exact) mass is 339 g/mol. The lowest BCUT2D eigenvalue weighted by atomic mass is 9.88. The molecule has 0 bridgehead atoms. The molecular formula is C19H25N5O. The molecule has 0 spiro atoms. The Morgan fingerprint density at radius 1 is 1.36 bits per heavy atom. The van der Waals surface area contributed by atoms with Gasteiger partial charge < -0.3 is 16.4 Å². The van der Waals surface area contributed by atoms with Crippen LogP contribution in [0.4, 0.5) is 11.5 Å². The number of nitrogen functional groups attached to an aromatic ring is 1. The Labute approximate surface area is 147 Å². The van der Waals surface area contributed by atoms with Crippen LogP contribution in [0.3, 0.4) is 0 Å². The molecule has 0 fully saturated rings. The number of anilines is 2. The zero-order valence-electron chi connectivity index (χ0n) is 15.0. The number of hydrogen-bond donors (Lipinski definition) is 3. The normalized spacial score (nSPS) is 21.2. The van der Waals surface area contributed by atoms with Gasteiger partial charge in [-0.15, -0.1) is 0 Å². The van der Waals surface area contributed by atoms with Gasteiger partial charge in [0.1, 0.15) is 5.82 Å². The van der Waals surface area contributed by atoms with Crippen molar-refractivity contribution in [1.82, 2.24) is 15.1 Å². The Bertz CT molecular complexity index is 852. The number of aryl methyl sites for hydroxylation is 1. The van der Waals surface area contributed by atoms with Gasteiger partial charge in [0.2, 0.25) is 0 Å². The van der Waals surface area contributed by atoms with Gasteiger partial charge in [-0.05, 0) is 44.7 Å². The molecule has 1 atom stereocenters. The van der Waals surface area contributed by atoms with E-state index in [4.69, 9.17) is 5.73 Å². The molecule has 0 saturated carbocycles. The number of rotatable bonds is 1. The average Bonchev–Trinajstić information content (AvgIpc) is 2.93. The fourth-order valence-corrected chi connectivity index (χ4v) is 4.09. The van der Waals surface area contributed by atoms with Crippen molar-refractivity contribution < 1.29 is 4.79 Å². The number of benzene rings is 1. The smallest absolute Gasteiger partial charge is 0.256 e. The van der Waals surface area contributed by atoms with Crippen LogP contribution in [-0.4, -0.2) is 28.8 Å². The van der Waals surface area contributed by atoms with E-state index in [-0.39, 0.29) is 17.4 Å². The number of nitrogens with two attached hydrogens (primary N) is 1. The lowest BCUT2D eigenvalue weighted by molar-refractivity contribution is 0.0858. The third kappa shape index (κ3) is 2.43. The van der Waals surface area contributed by atoms with Crippen molar-refractivity contribution in [3.63, 3.8) is 0 Å². The number of aromatic nitrogens is 2. The minimum absolute atomic E-state index is 0.0314. The zero-order chi connectivity index (χ0) is 17.8. The fourth-order valence-electron chi connectivity index (χ4n) is 4.09. The van der Waals surface area contributed by atoms with E-state index in [1.54, 1.807) is 0 Å². The van der Waals surface area contributed by atoms with Crippen LogP contribution in [-0.2, 0) is 12.0 Å². The Morgan fingerprint density at radius 2 is 2.16 bits per heavy atom. The van der Waals surface area contributed by atoms with Gasteiger partial charge in [0.05, 0.1) is 17.2 Å². The van der Waals surface area contributed by atoms with E-state index in [1.165, 1.54) is 4.68 Å². The lowest BCUT2D eigenvalue weighted by Crippen LogP contribution is -2.42. The molecule has 0 aliphatic carbocycles. The van der Waals surface area contributed by atoms with E-state index in [9.17, 15) is 4.79 Å². The largest absolute Gasteiger partial charge is 0.385 e. The number of carbonyl (C=O) groups is 1. The van der Waals surface area contributed by atoms with Crippen molar-refractivity contribution in [2.45, 2.75) is 45.1 Å². The summed E-state index contributed by atoms with van der Waals surface area (Å²) in [6.45, 7) is 7.85. The summed E-state index contributed by atoms with van der Waals surface area (Å²) in [4.78, 5) is 13.3. The first-order valence-corrected chi connectivity index (χ1v) is 8.90. The molecule has 132 valence electrons. The predicted molar refractivity (Wildman–Crippen MR) is 99.0 cm³/mol. The highest BCUT2D eigenvalue weighted by atomic mass is 16.2. The molecule has 4 rings (SSSR count). The second-order valence-corrected chi connectivity index (χ2v) is 7.57. The summed E-state index contributed by atoms with van der Waals surface area (Å²) in [7, 11) is 0. The molecule has 0 saturated heterocycles. The number of carbonyl (C=O) groups excluding carboxylic acids is 1. The maximum Gasteiger partial charge on any atom is 0.256 e. The average molecular weight is 339 g/mol. The van der Waals surface area contributed by atoms with Crippen molar-refractivity contribution in [1.29, 1.82) is 0 Å². The van der Waals surface area contributed by atoms with Gasteiger partial charge in [0.15, 0.2) is 0 Å². The minimum Gasteiger partial charge on any atom is -0.385 e. The maximum atomic E-state index is 13.3. The van der Waals surface area contributed by atoms with Crippen molar-refractivity contribution in [3.8, 4) is 0 Å². The molecule has 2 aliphatic rings. The molecule has 6 heteroatoms. The molecule has 2 aromatic rings. The summed E-state index contributed by atoms with van der Waals surface area (Å²) in [6.07, 6.45) is 1.56. The number of fused-ring (bicyclic) bond motifs is 2. The van der Waals surface area contributed by atoms with Gasteiger partial charge >= 0.3 is 0 Å². The zero-order valence-corrected chi connectivity index (χ0v) is 15.0. The van der Waals surface area contributed by atoms with Gasteiger partial charge in [-0.2, -0.15) is 9.78 Å². The molecule has 0 amide bonds. The third-order valence-electron chi connectivity index (χ3n) is 5.48. The van der Waals surface area contributed by atoms with Crippen molar-refractivity contribution in [2.75, 3.05) is 24.1 Å². The summed E-state index contributed by atoms with van der Waals surface area (Å²) in [5.41, 5.74) is 11.2. The van der Waals surface area contributed by atoms with E-state index in [1.807, 2.05) is 12.1 Å². The quantitative estimate of drug-likeness (QED) is 0.743. The molecule has 3 heterocycles. The Hall–Kier alpha value is -2.34. The molecule has 1 aromatic heterocycles. The molecule has 4 N–H and O–H groups in total. The lowest BCUT2D eigenvalue weighted by Gasteiger charge is -2.29. The van der Waals surface area contributed by atoms with Gasteiger partial charge in [-0.3, -0.25) is 4.79 Å². The SMILES string of the molecule is Cc1cccc2c1NCCC2C(=O)n1nc2c(c1N)CCNC2(C)C. The van der Waals surface area contributed by atoms with Crippen LogP contribution in [0.2, 0.25) is 0 Å². The van der Waals surface area contributed by atoms with E-state index < -0.39 is 0 Å². The number of para-hydroxylation sites is 1.